The molecular formula is C48H29NO2S. The van der Waals surface area contributed by atoms with E-state index >= 15 is 0 Å². The number of fused-ring (bicyclic) bond motifs is 9. The van der Waals surface area contributed by atoms with Crippen LogP contribution in [0.2, 0.25) is 0 Å². The van der Waals surface area contributed by atoms with E-state index in [-0.39, 0.29) is 0 Å². The number of benzene rings is 8. The molecule has 0 bridgehead atoms. The van der Waals surface area contributed by atoms with Crippen LogP contribution in [0.15, 0.2) is 185 Å². The molecule has 0 saturated heterocycles. The lowest BCUT2D eigenvalue weighted by Crippen LogP contribution is -2.10. The highest BCUT2D eigenvalue weighted by atomic mass is 32.1. The average Bonchev–Trinajstić information content (AvgIpc) is 3.89. The van der Waals surface area contributed by atoms with Crippen LogP contribution in [0.5, 0.6) is 0 Å². The zero-order chi connectivity index (χ0) is 34.2. The molecule has 0 fully saturated rings. The van der Waals surface area contributed by atoms with Crippen LogP contribution >= 0.6 is 11.3 Å². The summed E-state index contributed by atoms with van der Waals surface area (Å²) in [4.78, 5) is 2.37. The van der Waals surface area contributed by atoms with Crippen LogP contribution in [-0.2, 0) is 0 Å². The Morgan fingerprint density at radius 1 is 0.346 bits per heavy atom. The summed E-state index contributed by atoms with van der Waals surface area (Å²) in [5.74, 6) is 0. The second-order valence-corrected chi connectivity index (χ2v) is 14.3. The van der Waals surface area contributed by atoms with Crippen LogP contribution in [0.4, 0.5) is 17.1 Å². The lowest BCUT2D eigenvalue weighted by molar-refractivity contribution is 0.668. The summed E-state index contributed by atoms with van der Waals surface area (Å²) in [6.45, 7) is 0. The van der Waals surface area contributed by atoms with E-state index in [0.29, 0.717) is 0 Å². The van der Waals surface area contributed by atoms with Crippen molar-refractivity contribution >= 4 is 92.4 Å². The number of rotatable bonds is 5. The van der Waals surface area contributed by atoms with E-state index in [2.05, 4.69) is 157 Å². The van der Waals surface area contributed by atoms with E-state index in [9.17, 15) is 0 Å². The number of hydrogen-bond donors (Lipinski definition) is 0. The maximum atomic E-state index is 6.27. The first-order valence-electron chi connectivity index (χ1n) is 17.5. The summed E-state index contributed by atoms with van der Waals surface area (Å²) < 4.78 is 15.1. The van der Waals surface area contributed by atoms with Crippen LogP contribution in [0.1, 0.15) is 0 Å². The molecule has 0 unspecified atom stereocenters. The Balaban J connectivity index is 1.08. The number of furan rings is 2. The Morgan fingerprint density at radius 3 is 1.60 bits per heavy atom. The third kappa shape index (κ3) is 4.51. The highest BCUT2D eigenvalue weighted by molar-refractivity contribution is 7.25. The van der Waals surface area contributed by atoms with Crippen molar-refractivity contribution in [2.45, 2.75) is 0 Å². The standard InChI is InChI=1S/C48H29NO2S/c1-4-17-41-39(13-1)47-35(15-8-19-43(47)50-41)30-22-24-32(25-23-30)49(34-26-27-38-37-12-3-6-21-45(37)52-46(38)29-34)33-11-7-10-31(28-33)36-16-9-20-44-48(36)40-14-2-5-18-42(40)51-44/h1-29H. The van der Waals surface area contributed by atoms with E-state index in [4.69, 9.17) is 8.83 Å². The number of anilines is 3. The normalized spacial score (nSPS) is 11.8. The summed E-state index contributed by atoms with van der Waals surface area (Å²) in [6, 6.07) is 62.6. The first-order chi connectivity index (χ1) is 25.8. The molecule has 0 aliphatic rings. The van der Waals surface area contributed by atoms with Crippen molar-refractivity contribution in [2.24, 2.45) is 0 Å². The number of para-hydroxylation sites is 2. The average molecular weight is 684 g/mol. The van der Waals surface area contributed by atoms with Crippen LogP contribution in [-0.4, -0.2) is 0 Å². The molecule has 0 spiro atoms. The monoisotopic (exact) mass is 683 g/mol. The minimum atomic E-state index is 0.896. The fourth-order valence-electron chi connectivity index (χ4n) is 7.93. The van der Waals surface area contributed by atoms with E-state index in [1.54, 1.807) is 0 Å². The first-order valence-corrected chi connectivity index (χ1v) is 18.3. The van der Waals surface area contributed by atoms with Crippen LogP contribution in [0.3, 0.4) is 0 Å². The van der Waals surface area contributed by atoms with Gasteiger partial charge in [-0.05, 0) is 89.0 Å². The van der Waals surface area contributed by atoms with E-state index in [0.717, 1.165) is 83.2 Å². The molecule has 3 nitrogen and oxygen atoms in total. The van der Waals surface area contributed by atoms with Gasteiger partial charge in [0.1, 0.15) is 22.3 Å². The minimum Gasteiger partial charge on any atom is -0.456 e. The van der Waals surface area contributed by atoms with Gasteiger partial charge in [0.2, 0.25) is 0 Å². The number of thiophene rings is 1. The largest absolute Gasteiger partial charge is 0.456 e. The third-order valence-corrected chi connectivity index (χ3v) is 11.4. The molecule has 3 aromatic heterocycles. The zero-order valence-electron chi connectivity index (χ0n) is 27.9. The van der Waals surface area contributed by atoms with Crippen molar-refractivity contribution in [1.82, 2.24) is 0 Å². The maximum absolute atomic E-state index is 6.27. The minimum absolute atomic E-state index is 0.896. The predicted octanol–water partition coefficient (Wildman–Crippen LogP) is 14.7. The van der Waals surface area contributed by atoms with Crippen molar-refractivity contribution in [1.29, 1.82) is 0 Å². The molecule has 11 aromatic rings. The van der Waals surface area contributed by atoms with Gasteiger partial charge in [-0.3, -0.25) is 0 Å². The van der Waals surface area contributed by atoms with Crippen molar-refractivity contribution < 1.29 is 8.83 Å². The van der Waals surface area contributed by atoms with Gasteiger partial charge in [0, 0.05) is 58.8 Å². The fourth-order valence-corrected chi connectivity index (χ4v) is 9.07. The zero-order valence-corrected chi connectivity index (χ0v) is 28.7. The highest BCUT2D eigenvalue weighted by Gasteiger charge is 2.19. The van der Waals surface area contributed by atoms with Crippen molar-refractivity contribution in [3.05, 3.63) is 176 Å². The Morgan fingerprint density at radius 2 is 0.885 bits per heavy atom. The second-order valence-electron chi connectivity index (χ2n) is 13.3. The van der Waals surface area contributed by atoms with Gasteiger partial charge in [-0.2, -0.15) is 0 Å². The van der Waals surface area contributed by atoms with Gasteiger partial charge >= 0.3 is 0 Å². The molecule has 0 aliphatic heterocycles. The molecule has 11 rings (SSSR count). The summed E-state index contributed by atoms with van der Waals surface area (Å²) in [7, 11) is 0. The topological polar surface area (TPSA) is 29.5 Å². The molecule has 8 aromatic carbocycles. The predicted molar refractivity (Wildman–Crippen MR) is 219 cm³/mol. The molecule has 0 saturated carbocycles. The molecular weight excluding hydrogens is 655 g/mol. The molecule has 4 heteroatoms. The molecule has 0 atom stereocenters. The van der Waals surface area contributed by atoms with Gasteiger partial charge in [-0.1, -0.05) is 109 Å². The Kier molecular flexibility index (Phi) is 6.42. The fraction of sp³-hybridized carbons (Fsp3) is 0. The van der Waals surface area contributed by atoms with Gasteiger partial charge < -0.3 is 13.7 Å². The summed E-state index contributed by atoms with van der Waals surface area (Å²) in [5, 5.41) is 7.13. The van der Waals surface area contributed by atoms with Gasteiger partial charge in [-0.25, -0.2) is 0 Å². The molecule has 0 N–H and O–H groups in total. The van der Waals surface area contributed by atoms with Crippen LogP contribution in [0, 0.1) is 0 Å². The van der Waals surface area contributed by atoms with Gasteiger partial charge in [0.05, 0.1) is 0 Å². The summed E-state index contributed by atoms with van der Waals surface area (Å²) in [6.07, 6.45) is 0. The van der Waals surface area contributed by atoms with Gasteiger partial charge in [-0.15, -0.1) is 11.3 Å². The summed E-state index contributed by atoms with van der Waals surface area (Å²) in [5.41, 5.74) is 11.5. The SMILES string of the molecule is c1cc(-c2cccc3oc4ccccc4c23)cc(N(c2ccc(-c3cccc4oc5ccccc5c34)cc2)c2ccc3c(c2)sc2ccccc23)c1. The molecule has 3 heterocycles. The lowest BCUT2D eigenvalue weighted by atomic mass is 9.98. The van der Waals surface area contributed by atoms with Crippen LogP contribution in [0.25, 0.3) is 86.3 Å². The van der Waals surface area contributed by atoms with E-state index in [1.807, 2.05) is 35.6 Å². The van der Waals surface area contributed by atoms with Crippen molar-refractivity contribution in [3.63, 3.8) is 0 Å². The van der Waals surface area contributed by atoms with E-state index in [1.165, 1.54) is 20.2 Å². The Labute approximate surface area is 303 Å². The third-order valence-electron chi connectivity index (χ3n) is 10.3. The van der Waals surface area contributed by atoms with Gasteiger partial charge in [0.15, 0.2) is 0 Å². The Bertz CT molecular complexity index is 3150. The highest BCUT2D eigenvalue weighted by Crippen LogP contribution is 2.44. The Hall–Kier alpha value is -6.62. The second kappa shape index (κ2) is 11.5. The molecule has 0 amide bonds. The lowest BCUT2D eigenvalue weighted by Gasteiger charge is -2.26. The molecule has 52 heavy (non-hydrogen) atoms. The summed E-state index contributed by atoms with van der Waals surface area (Å²) >= 11 is 1.84. The molecule has 244 valence electrons. The molecule has 0 aliphatic carbocycles. The maximum Gasteiger partial charge on any atom is 0.136 e. The first kappa shape index (κ1) is 29.1. The van der Waals surface area contributed by atoms with Gasteiger partial charge in [0.25, 0.3) is 0 Å². The van der Waals surface area contributed by atoms with Crippen molar-refractivity contribution in [2.75, 3.05) is 4.90 Å². The van der Waals surface area contributed by atoms with Crippen molar-refractivity contribution in [3.8, 4) is 22.3 Å². The number of nitrogens with zero attached hydrogens (tertiary/aromatic N) is 1. The van der Waals surface area contributed by atoms with E-state index < -0.39 is 0 Å². The molecule has 0 radical (unpaired) electrons. The number of hydrogen-bond acceptors (Lipinski definition) is 4. The quantitative estimate of drug-likeness (QED) is 0.181. The smallest absolute Gasteiger partial charge is 0.136 e. The van der Waals surface area contributed by atoms with Crippen LogP contribution < -0.4 is 4.90 Å².